The molecule has 0 saturated heterocycles. The molecular formula is C19H13IN2O5. The fourth-order valence-corrected chi connectivity index (χ4v) is 2.73. The first-order valence-corrected chi connectivity index (χ1v) is 8.90. The molecule has 2 aromatic carbocycles. The summed E-state index contributed by atoms with van der Waals surface area (Å²) in [4.78, 5) is 48.5. The molecule has 136 valence electrons. The zero-order chi connectivity index (χ0) is 19.4. The molecular weight excluding hydrogens is 463 g/mol. The summed E-state index contributed by atoms with van der Waals surface area (Å²) in [5.74, 6) is -2.18. The van der Waals surface area contributed by atoms with Crippen molar-refractivity contribution >= 4 is 57.7 Å². The lowest BCUT2D eigenvalue weighted by Gasteiger charge is -2.14. The molecule has 1 N–H and O–H groups in total. The van der Waals surface area contributed by atoms with E-state index >= 15 is 0 Å². The van der Waals surface area contributed by atoms with Gasteiger partial charge in [-0.2, -0.15) is 0 Å². The number of imide groups is 1. The van der Waals surface area contributed by atoms with Crippen LogP contribution < -0.4 is 10.2 Å². The highest BCUT2D eigenvalue weighted by Crippen LogP contribution is 2.20. The number of anilines is 2. The highest BCUT2D eigenvalue weighted by Gasteiger charge is 2.25. The summed E-state index contributed by atoms with van der Waals surface area (Å²) < 4.78 is 6.03. The predicted molar refractivity (Wildman–Crippen MR) is 106 cm³/mol. The molecule has 1 aliphatic heterocycles. The highest BCUT2D eigenvalue weighted by molar-refractivity contribution is 14.1. The van der Waals surface area contributed by atoms with Crippen LogP contribution in [-0.2, 0) is 19.1 Å². The summed E-state index contributed by atoms with van der Waals surface area (Å²) in [5.41, 5.74) is 0.979. The molecule has 0 aromatic heterocycles. The molecule has 0 aliphatic carbocycles. The lowest BCUT2D eigenvalue weighted by molar-refractivity contribution is -0.120. The van der Waals surface area contributed by atoms with Gasteiger partial charge in [-0.05, 0) is 65.1 Å². The number of carbonyl (C=O) groups is 4. The number of halogens is 1. The van der Waals surface area contributed by atoms with Gasteiger partial charge in [0.05, 0.1) is 11.3 Å². The second-order valence-electron chi connectivity index (χ2n) is 5.53. The second-order valence-corrected chi connectivity index (χ2v) is 6.77. The van der Waals surface area contributed by atoms with Crippen LogP contribution in [0.2, 0.25) is 0 Å². The van der Waals surface area contributed by atoms with Crippen molar-refractivity contribution in [1.29, 1.82) is 0 Å². The van der Waals surface area contributed by atoms with Crippen LogP contribution in [-0.4, -0.2) is 30.3 Å². The van der Waals surface area contributed by atoms with Crippen LogP contribution in [0.3, 0.4) is 0 Å². The van der Waals surface area contributed by atoms with Crippen LogP contribution in [0.5, 0.6) is 0 Å². The van der Waals surface area contributed by atoms with E-state index in [1.54, 1.807) is 12.1 Å². The minimum atomic E-state index is -0.735. The molecule has 3 rings (SSSR count). The number of benzene rings is 2. The zero-order valence-corrected chi connectivity index (χ0v) is 16.0. The summed E-state index contributed by atoms with van der Waals surface area (Å²) in [6.07, 6.45) is 2.31. The van der Waals surface area contributed by atoms with E-state index in [1.807, 2.05) is 12.1 Å². The molecule has 27 heavy (non-hydrogen) atoms. The number of rotatable bonds is 5. The smallest absolute Gasteiger partial charge is 0.338 e. The molecule has 0 saturated carbocycles. The molecule has 0 atom stereocenters. The van der Waals surface area contributed by atoms with Gasteiger partial charge in [0.2, 0.25) is 0 Å². The van der Waals surface area contributed by atoms with Crippen LogP contribution in [0.15, 0.2) is 60.7 Å². The number of ether oxygens (including phenoxy) is 1. The van der Waals surface area contributed by atoms with Crippen LogP contribution in [0.25, 0.3) is 0 Å². The minimum Gasteiger partial charge on any atom is -0.452 e. The monoisotopic (exact) mass is 476 g/mol. The molecule has 0 unspecified atom stereocenters. The fraction of sp³-hybridized carbons (Fsp3) is 0.0526. The Labute approximate surface area is 168 Å². The third-order valence-electron chi connectivity index (χ3n) is 3.61. The molecule has 0 spiro atoms. The highest BCUT2D eigenvalue weighted by atomic mass is 127. The molecule has 2 aromatic rings. The Morgan fingerprint density at radius 1 is 1.00 bits per heavy atom. The molecule has 0 fully saturated rings. The Balaban J connectivity index is 1.60. The maximum atomic E-state index is 12.2. The summed E-state index contributed by atoms with van der Waals surface area (Å²) in [5, 5.41) is 2.62. The van der Waals surface area contributed by atoms with Crippen molar-refractivity contribution in [3.8, 4) is 0 Å². The van der Waals surface area contributed by atoms with E-state index < -0.39 is 30.3 Å². The van der Waals surface area contributed by atoms with Crippen molar-refractivity contribution in [3.05, 3.63) is 69.8 Å². The average Bonchev–Trinajstić information content (AvgIpc) is 3.00. The van der Waals surface area contributed by atoms with Gasteiger partial charge in [0.25, 0.3) is 17.7 Å². The number of carbonyl (C=O) groups excluding carboxylic acids is 4. The third-order valence-corrected chi connectivity index (χ3v) is 4.33. The van der Waals surface area contributed by atoms with Crippen molar-refractivity contribution in [1.82, 2.24) is 0 Å². The van der Waals surface area contributed by atoms with Crippen LogP contribution >= 0.6 is 22.6 Å². The van der Waals surface area contributed by atoms with Gasteiger partial charge in [0, 0.05) is 21.4 Å². The van der Waals surface area contributed by atoms with Crippen molar-refractivity contribution in [2.75, 3.05) is 16.8 Å². The number of nitrogens with zero attached hydrogens (tertiary/aromatic N) is 1. The summed E-state index contributed by atoms with van der Waals surface area (Å²) in [6.45, 7) is -0.460. The van der Waals surface area contributed by atoms with Crippen LogP contribution in [0.1, 0.15) is 10.4 Å². The van der Waals surface area contributed by atoms with Gasteiger partial charge in [-0.1, -0.05) is 6.07 Å². The maximum Gasteiger partial charge on any atom is 0.338 e. The number of amides is 3. The van der Waals surface area contributed by atoms with Gasteiger partial charge in [-0.25, -0.2) is 9.69 Å². The Bertz CT molecular complexity index is 935. The summed E-state index contributed by atoms with van der Waals surface area (Å²) in [6, 6.07) is 13.0. The van der Waals surface area contributed by atoms with E-state index in [-0.39, 0.29) is 11.3 Å². The number of hydrogen-bond acceptors (Lipinski definition) is 5. The molecule has 3 amide bonds. The minimum absolute atomic E-state index is 0.127. The summed E-state index contributed by atoms with van der Waals surface area (Å²) >= 11 is 2.15. The second kappa shape index (κ2) is 8.12. The van der Waals surface area contributed by atoms with Crippen molar-refractivity contribution in [3.63, 3.8) is 0 Å². The normalized spacial score (nSPS) is 13.0. The Morgan fingerprint density at radius 2 is 1.67 bits per heavy atom. The lowest BCUT2D eigenvalue weighted by atomic mass is 10.2. The van der Waals surface area contributed by atoms with Crippen molar-refractivity contribution < 1.29 is 23.9 Å². The van der Waals surface area contributed by atoms with Gasteiger partial charge in [0.15, 0.2) is 6.61 Å². The Hall–Kier alpha value is -3.01. The zero-order valence-electron chi connectivity index (χ0n) is 13.8. The topological polar surface area (TPSA) is 92.8 Å². The quantitative estimate of drug-likeness (QED) is 0.407. The number of hydrogen-bond donors (Lipinski definition) is 1. The van der Waals surface area contributed by atoms with Gasteiger partial charge >= 0.3 is 5.97 Å². The third kappa shape index (κ3) is 4.59. The van der Waals surface area contributed by atoms with E-state index in [2.05, 4.69) is 27.9 Å². The van der Waals surface area contributed by atoms with Crippen LogP contribution in [0, 0.1) is 3.57 Å². The molecule has 7 nitrogen and oxygen atoms in total. The Kier molecular flexibility index (Phi) is 5.65. The van der Waals surface area contributed by atoms with E-state index in [0.717, 1.165) is 20.6 Å². The first-order valence-electron chi connectivity index (χ1n) is 7.83. The van der Waals surface area contributed by atoms with E-state index in [4.69, 9.17) is 4.74 Å². The maximum absolute atomic E-state index is 12.2. The number of esters is 1. The lowest BCUT2D eigenvalue weighted by Crippen LogP contribution is -2.29. The van der Waals surface area contributed by atoms with Crippen molar-refractivity contribution in [2.45, 2.75) is 0 Å². The van der Waals surface area contributed by atoms with Gasteiger partial charge < -0.3 is 10.1 Å². The van der Waals surface area contributed by atoms with E-state index in [9.17, 15) is 19.2 Å². The molecule has 0 radical (unpaired) electrons. The first-order chi connectivity index (χ1) is 12.9. The Morgan fingerprint density at radius 3 is 2.33 bits per heavy atom. The van der Waals surface area contributed by atoms with Gasteiger partial charge in [-0.3, -0.25) is 14.4 Å². The fourth-order valence-electron chi connectivity index (χ4n) is 2.37. The molecule has 1 aliphatic rings. The van der Waals surface area contributed by atoms with E-state index in [0.29, 0.717) is 5.69 Å². The largest absolute Gasteiger partial charge is 0.452 e. The van der Waals surface area contributed by atoms with E-state index in [1.165, 1.54) is 24.3 Å². The average molecular weight is 476 g/mol. The molecule has 8 heteroatoms. The van der Waals surface area contributed by atoms with Gasteiger partial charge in [0.1, 0.15) is 0 Å². The summed E-state index contributed by atoms with van der Waals surface area (Å²) in [7, 11) is 0. The predicted octanol–water partition coefficient (Wildman–Crippen LogP) is 2.52. The molecule has 1 heterocycles. The first kappa shape index (κ1) is 18.8. The van der Waals surface area contributed by atoms with Crippen LogP contribution in [0.4, 0.5) is 11.4 Å². The molecule has 0 bridgehead atoms. The standard InChI is InChI=1S/C19H13IN2O5/c20-13-4-6-14(7-5-13)21-16(23)11-27-19(26)12-2-1-3-15(10-12)22-17(24)8-9-18(22)25/h1-10H,11H2,(H,21,23). The SMILES string of the molecule is O=C(COC(=O)c1cccc(N2C(=O)C=CC2=O)c1)Nc1ccc(I)cc1. The van der Waals surface area contributed by atoms with Crippen molar-refractivity contribution in [2.24, 2.45) is 0 Å². The van der Waals surface area contributed by atoms with Gasteiger partial charge in [-0.15, -0.1) is 0 Å². The number of nitrogens with one attached hydrogen (secondary N) is 1.